The summed E-state index contributed by atoms with van der Waals surface area (Å²) >= 11 is 6.66. The lowest BCUT2D eigenvalue weighted by atomic mass is 9.90. The summed E-state index contributed by atoms with van der Waals surface area (Å²) in [6.07, 6.45) is 5.04. The minimum absolute atomic E-state index is 0.450. The molecule has 4 nitrogen and oxygen atoms in total. The van der Waals surface area contributed by atoms with E-state index in [1.165, 1.54) is 5.56 Å². The smallest absolute Gasteiger partial charge is 0.250 e. The van der Waals surface area contributed by atoms with Gasteiger partial charge in [-0.2, -0.15) is 0 Å². The van der Waals surface area contributed by atoms with Gasteiger partial charge in [-0.1, -0.05) is 41.9 Å². The van der Waals surface area contributed by atoms with Crippen molar-refractivity contribution in [2.24, 2.45) is 11.7 Å². The van der Waals surface area contributed by atoms with Crippen LogP contribution in [0, 0.1) is 5.92 Å². The van der Waals surface area contributed by atoms with E-state index in [0.717, 1.165) is 48.9 Å². The van der Waals surface area contributed by atoms with Crippen LogP contribution in [0.1, 0.15) is 28.8 Å². The van der Waals surface area contributed by atoms with Crippen molar-refractivity contribution in [3.63, 3.8) is 0 Å². The van der Waals surface area contributed by atoms with Crippen molar-refractivity contribution in [3.05, 3.63) is 64.8 Å². The van der Waals surface area contributed by atoms with Crippen LogP contribution < -0.4 is 10.6 Å². The van der Waals surface area contributed by atoms with Gasteiger partial charge in [0.2, 0.25) is 0 Å². The Morgan fingerprint density at radius 2 is 1.88 bits per heavy atom. The molecule has 1 fully saturated rings. The van der Waals surface area contributed by atoms with Gasteiger partial charge in [0.1, 0.15) is 0 Å². The van der Waals surface area contributed by atoms with Crippen LogP contribution in [0.15, 0.2) is 48.7 Å². The summed E-state index contributed by atoms with van der Waals surface area (Å²) in [5.41, 5.74) is 9.16. The molecule has 2 aromatic carbocycles. The first kappa shape index (κ1) is 17.0. The van der Waals surface area contributed by atoms with E-state index in [2.05, 4.69) is 40.2 Å². The molecular formula is C21H22ClN3O. The highest BCUT2D eigenvalue weighted by Gasteiger charge is 2.23. The van der Waals surface area contributed by atoms with Crippen LogP contribution in [0.4, 0.5) is 5.69 Å². The number of rotatable bonds is 4. The van der Waals surface area contributed by atoms with E-state index < -0.39 is 5.91 Å². The molecule has 134 valence electrons. The van der Waals surface area contributed by atoms with Gasteiger partial charge >= 0.3 is 0 Å². The van der Waals surface area contributed by atoms with Crippen molar-refractivity contribution < 1.29 is 4.79 Å². The van der Waals surface area contributed by atoms with E-state index in [1.54, 1.807) is 6.20 Å². The number of nitrogens with one attached hydrogen (secondary N) is 1. The number of amides is 1. The molecule has 0 atom stereocenters. The third-order valence-corrected chi connectivity index (χ3v) is 5.73. The van der Waals surface area contributed by atoms with Gasteiger partial charge < -0.3 is 15.6 Å². The lowest BCUT2D eigenvalue weighted by molar-refractivity contribution is 0.100. The van der Waals surface area contributed by atoms with Crippen molar-refractivity contribution in [3.8, 4) is 0 Å². The molecule has 3 aromatic rings. The van der Waals surface area contributed by atoms with Crippen LogP contribution in [-0.2, 0) is 6.42 Å². The van der Waals surface area contributed by atoms with Gasteiger partial charge in [0.15, 0.2) is 0 Å². The third kappa shape index (κ3) is 3.17. The Morgan fingerprint density at radius 1 is 1.15 bits per heavy atom. The van der Waals surface area contributed by atoms with Crippen LogP contribution in [0.2, 0.25) is 5.02 Å². The van der Waals surface area contributed by atoms with Crippen molar-refractivity contribution in [1.82, 2.24) is 4.98 Å². The van der Waals surface area contributed by atoms with Gasteiger partial charge in [0, 0.05) is 30.2 Å². The zero-order valence-electron chi connectivity index (χ0n) is 14.5. The predicted octanol–water partition coefficient (Wildman–Crippen LogP) is 4.38. The molecule has 0 aliphatic carbocycles. The number of aromatic amines is 1. The first-order valence-corrected chi connectivity index (χ1v) is 9.39. The number of hydrogen-bond donors (Lipinski definition) is 2. The average molecular weight is 368 g/mol. The normalized spacial score (nSPS) is 15.5. The molecule has 0 spiro atoms. The maximum absolute atomic E-state index is 11.7. The molecule has 0 bridgehead atoms. The number of halogens is 1. The van der Waals surface area contributed by atoms with Gasteiger partial charge in [0.05, 0.1) is 16.3 Å². The van der Waals surface area contributed by atoms with Crippen LogP contribution >= 0.6 is 11.6 Å². The standard InChI is InChI=1S/C21H22ClN3O/c22-20-18(7-6-17-19(20)16(13-24-17)21(23)26)25-10-8-15(9-11-25)12-14-4-2-1-3-5-14/h1-7,13,15,24H,8-12H2,(H2,23,26). The highest BCUT2D eigenvalue weighted by molar-refractivity contribution is 6.39. The maximum Gasteiger partial charge on any atom is 0.250 e. The van der Waals surface area contributed by atoms with Crippen molar-refractivity contribution in [2.75, 3.05) is 18.0 Å². The Labute approximate surface area is 157 Å². The van der Waals surface area contributed by atoms with E-state index in [-0.39, 0.29) is 0 Å². The lowest BCUT2D eigenvalue weighted by Gasteiger charge is -2.34. The molecule has 1 aliphatic rings. The number of anilines is 1. The Hall–Kier alpha value is -2.46. The second kappa shape index (κ2) is 7.04. The Morgan fingerprint density at radius 3 is 2.58 bits per heavy atom. The van der Waals surface area contributed by atoms with Crippen molar-refractivity contribution in [2.45, 2.75) is 19.3 Å². The van der Waals surface area contributed by atoms with Gasteiger partial charge in [-0.25, -0.2) is 0 Å². The van der Waals surface area contributed by atoms with E-state index >= 15 is 0 Å². The van der Waals surface area contributed by atoms with Crippen LogP contribution in [0.3, 0.4) is 0 Å². The molecule has 26 heavy (non-hydrogen) atoms. The quantitative estimate of drug-likeness (QED) is 0.718. The number of piperidine rings is 1. The lowest BCUT2D eigenvalue weighted by Crippen LogP contribution is -2.34. The molecule has 0 unspecified atom stereocenters. The monoisotopic (exact) mass is 367 g/mol. The molecule has 1 aromatic heterocycles. The number of carbonyl (C=O) groups is 1. The Bertz CT molecular complexity index is 927. The number of aromatic nitrogens is 1. The van der Waals surface area contributed by atoms with Gasteiger partial charge in [-0.3, -0.25) is 4.79 Å². The molecule has 3 N–H and O–H groups in total. The number of nitrogens with zero attached hydrogens (tertiary/aromatic N) is 1. The van der Waals surface area contributed by atoms with Crippen LogP contribution in [0.5, 0.6) is 0 Å². The fourth-order valence-electron chi connectivity index (χ4n) is 3.93. The number of nitrogens with two attached hydrogens (primary N) is 1. The summed E-state index contributed by atoms with van der Waals surface area (Å²) in [5.74, 6) is 0.237. The van der Waals surface area contributed by atoms with Crippen LogP contribution in [0.25, 0.3) is 10.9 Å². The summed E-state index contributed by atoms with van der Waals surface area (Å²) in [6, 6.07) is 14.7. The largest absolute Gasteiger partial charge is 0.370 e. The predicted molar refractivity (Wildman–Crippen MR) is 107 cm³/mol. The highest BCUT2D eigenvalue weighted by atomic mass is 35.5. The molecular weight excluding hydrogens is 346 g/mol. The van der Waals surface area contributed by atoms with E-state index in [1.807, 2.05) is 12.1 Å². The van der Waals surface area contributed by atoms with E-state index in [4.69, 9.17) is 17.3 Å². The maximum atomic E-state index is 11.7. The minimum atomic E-state index is -0.461. The number of fused-ring (bicyclic) bond motifs is 1. The number of benzene rings is 2. The van der Waals surface area contributed by atoms with Gasteiger partial charge in [-0.15, -0.1) is 0 Å². The van der Waals surface area contributed by atoms with Gasteiger partial charge in [0.25, 0.3) is 5.91 Å². The Kier molecular flexibility index (Phi) is 4.60. The summed E-state index contributed by atoms with van der Waals surface area (Å²) in [4.78, 5) is 17.1. The Balaban J connectivity index is 1.51. The molecule has 1 amide bonds. The molecule has 0 radical (unpaired) electrons. The van der Waals surface area contributed by atoms with E-state index in [0.29, 0.717) is 16.5 Å². The first-order chi connectivity index (χ1) is 12.6. The molecule has 1 aliphatic heterocycles. The minimum Gasteiger partial charge on any atom is -0.370 e. The van der Waals surface area contributed by atoms with Crippen molar-refractivity contribution >= 4 is 34.1 Å². The SMILES string of the molecule is NC(=O)c1c[nH]c2ccc(N3CCC(Cc4ccccc4)CC3)c(Cl)c12. The topological polar surface area (TPSA) is 62.1 Å². The summed E-state index contributed by atoms with van der Waals surface area (Å²) < 4.78 is 0. The zero-order chi connectivity index (χ0) is 18.1. The van der Waals surface area contributed by atoms with Crippen LogP contribution in [-0.4, -0.2) is 24.0 Å². The second-order valence-electron chi connectivity index (χ2n) is 7.01. The van der Waals surface area contributed by atoms with Crippen molar-refractivity contribution in [1.29, 1.82) is 0 Å². The second-order valence-corrected chi connectivity index (χ2v) is 7.39. The summed E-state index contributed by atoms with van der Waals surface area (Å²) in [6.45, 7) is 1.94. The molecule has 0 saturated carbocycles. The number of primary amides is 1. The average Bonchev–Trinajstić information content (AvgIpc) is 3.09. The summed E-state index contributed by atoms with van der Waals surface area (Å²) in [5, 5.41) is 1.34. The third-order valence-electron chi connectivity index (χ3n) is 5.35. The number of carbonyl (C=O) groups excluding carboxylic acids is 1. The number of hydrogen-bond acceptors (Lipinski definition) is 2. The number of H-pyrrole nitrogens is 1. The molecule has 1 saturated heterocycles. The molecule has 5 heteroatoms. The van der Waals surface area contributed by atoms with Gasteiger partial charge in [-0.05, 0) is 42.9 Å². The fourth-order valence-corrected chi connectivity index (χ4v) is 4.32. The molecule has 2 heterocycles. The first-order valence-electron chi connectivity index (χ1n) is 9.01. The summed E-state index contributed by atoms with van der Waals surface area (Å²) in [7, 11) is 0. The zero-order valence-corrected chi connectivity index (χ0v) is 15.3. The fraction of sp³-hybridized carbons (Fsp3) is 0.286. The highest BCUT2D eigenvalue weighted by Crippen LogP contribution is 2.37. The molecule has 4 rings (SSSR count). The van der Waals surface area contributed by atoms with E-state index in [9.17, 15) is 4.79 Å².